The molecule has 1 atom stereocenters. The van der Waals surface area contributed by atoms with Crippen LogP contribution in [0, 0.1) is 0 Å². The normalized spacial score (nSPS) is 21.7. The molecule has 0 radical (unpaired) electrons. The fraction of sp³-hybridized carbons (Fsp3) is 0.684. The molecule has 0 saturated carbocycles. The van der Waals surface area contributed by atoms with E-state index in [4.69, 9.17) is 9.47 Å². The van der Waals surface area contributed by atoms with Crippen molar-refractivity contribution in [3.63, 3.8) is 0 Å². The summed E-state index contributed by atoms with van der Waals surface area (Å²) < 4.78 is 76.9. The summed E-state index contributed by atoms with van der Waals surface area (Å²) in [4.78, 5) is 17.2. The fourth-order valence-electron chi connectivity index (χ4n) is 3.49. The molecule has 2 fully saturated rings. The smallest absolute Gasteiger partial charge is 0.413 e. The van der Waals surface area contributed by atoms with Gasteiger partial charge in [0.1, 0.15) is 12.4 Å². The third kappa shape index (κ3) is 6.89. The minimum Gasteiger partial charge on any atom is -0.465 e. The van der Waals surface area contributed by atoms with Gasteiger partial charge in [-0.3, -0.25) is 4.90 Å². The number of amides is 1. The van der Waals surface area contributed by atoms with Crippen LogP contribution in [0.25, 0.3) is 0 Å². The molecule has 1 aromatic heterocycles. The van der Waals surface area contributed by atoms with Crippen molar-refractivity contribution in [1.29, 1.82) is 0 Å². The Labute approximate surface area is 175 Å². The van der Waals surface area contributed by atoms with Gasteiger partial charge in [0.25, 0.3) is 5.92 Å². The van der Waals surface area contributed by atoms with E-state index in [1.807, 2.05) is 0 Å². The van der Waals surface area contributed by atoms with E-state index >= 15 is 0 Å². The maximum atomic E-state index is 13.5. The maximum Gasteiger partial charge on any atom is 0.413 e. The summed E-state index contributed by atoms with van der Waals surface area (Å²) in [7, 11) is 0. The number of hydrogen-bond donors (Lipinski definition) is 1. The second-order valence-electron chi connectivity index (χ2n) is 7.61. The lowest BCUT2D eigenvalue weighted by molar-refractivity contribution is -0.169. The van der Waals surface area contributed by atoms with Gasteiger partial charge in [0.15, 0.2) is 6.29 Å². The standard InChI is InChI=1S/C19H24F5N3O4/c20-18(21)4-6-26(7-5-18)14-9-13(11-31-16-3-1-2-8-30-16)25-15(10-14)27(17(28)29)12-19(22,23)24/h9-10,16H,1-8,11-12H2,(H,28,29). The highest BCUT2D eigenvalue weighted by molar-refractivity contribution is 5.85. The SMILES string of the molecule is O=C(O)N(CC(F)(F)F)c1cc(N2CCC(F)(F)CC2)cc(COC2CCCCO2)n1. The zero-order chi connectivity index (χ0) is 22.6. The Morgan fingerprint density at radius 1 is 1.29 bits per heavy atom. The van der Waals surface area contributed by atoms with Crippen molar-refractivity contribution in [2.75, 3.05) is 36.0 Å². The molecule has 0 aliphatic carbocycles. The first-order chi connectivity index (χ1) is 14.5. The first-order valence-electron chi connectivity index (χ1n) is 9.97. The van der Waals surface area contributed by atoms with Gasteiger partial charge in [-0.25, -0.2) is 18.6 Å². The summed E-state index contributed by atoms with van der Waals surface area (Å²) >= 11 is 0. The molecule has 31 heavy (non-hydrogen) atoms. The first kappa shape index (κ1) is 23.5. The highest BCUT2D eigenvalue weighted by Crippen LogP contribution is 2.33. The number of hydrogen-bond acceptors (Lipinski definition) is 5. The summed E-state index contributed by atoms with van der Waals surface area (Å²) in [6.07, 6.45) is -5.43. The number of carboxylic acid groups (broad SMARTS) is 1. The van der Waals surface area contributed by atoms with Crippen LogP contribution in [0.2, 0.25) is 0 Å². The number of carbonyl (C=O) groups is 1. The van der Waals surface area contributed by atoms with Crippen LogP contribution in [0.15, 0.2) is 12.1 Å². The highest BCUT2D eigenvalue weighted by atomic mass is 19.4. The topological polar surface area (TPSA) is 75.1 Å². The number of aromatic nitrogens is 1. The Balaban J connectivity index is 1.86. The first-order valence-corrected chi connectivity index (χ1v) is 9.97. The Hall–Kier alpha value is -2.21. The molecule has 2 aliphatic rings. The van der Waals surface area contributed by atoms with Gasteiger partial charge in [0, 0.05) is 44.3 Å². The second kappa shape index (κ2) is 9.51. The molecule has 12 heteroatoms. The average Bonchev–Trinajstić information content (AvgIpc) is 2.70. The lowest BCUT2D eigenvalue weighted by Gasteiger charge is -2.34. The fourth-order valence-corrected chi connectivity index (χ4v) is 3.49. The number of anilines is 2. The predicted molar refractivity (Wildman–Crippen MR) is 100 cm³/mol. The van der Waals surface area contributed by atoms with Crippen LogP contribution < -0.4 is 9.80 Å². The Morgan fingerprint density at radius 3 is 2.58 bits per heavy atom. The lowest BCUT2D eigenvalue weighted by Crippen LogP contribution is -2.40. The van der Waals surface area contributed by atoms with Gasteiger partial charge in [-0.1, -0.05) is 0 Å². The largest absolute Gasteiger partial charge is 0.465 e. The number of ether oxygens (including phenoxy) is 2. The van der Waals surface area contributed by atoms with Gasteiger partial charge >= 0.3 is 12.3 Å². The van der Waals surface area contributed by atoms with Crippen molar-refractivity contribution < 1.29 is 41.3 Å². The zero-order valence-electron chi connectivity index (χ0n) is 16.7. The molecular weight excluding hydrogens is 429 g/mol. The molecule has 1 N–H and O–H groups in total. The molecule has 1 amide bonds. The van der Waals surface area contributed by atoms with Crippen LogP contribution >= 0.6 is 0 Å². The number of piperidine rings is 1. The monoisotopic (exact) mass is 453 g/mol. The van der Waals surface area contributed by atoms with Gasteiger partial charge in [-0.05, 0) is 25.3 Å². The average molecular weight is 453 g/mol. The molecule has 0 spiro atoms. The number of alkyl halides is 5. The van der Waals surface area contributed by atoms with Gasteiger partial charge in [-0.2, -0.15) is 13.2 Å². The van der Waals surface area contributed by atoms with Gasteiger partial charge in [-0.15, -0.1) is 0 Å². The summed E-state index contributed by atoms with van der Waals surface area (Å²) in [5, 5.41) is 9.31. The predicted octanol–water partition coefficient (Wildman–Crippen LogP) is 4.41. The van der Waals surface area contributed by atoms with E-state index in [0.29, 0.717) is 18.7 Å². The number of rotatable bonds is 6. The van der Waals surface area contributed by atoms with Gasteiger partial charge < -0.3 is 19.5 Å². The Morgan fingerprint density at radius 2 is 2.00 bits per heavy atom. The van der Waals surface area contributed by atoms with Crippen molar-refractivity contribution in [1.82, 2.24) is 4.98 Å². The van der Waals surface area contributed by atoms with E-state index in [1.165, 1.54) is 12.1 Å². The van der Waals surface area contributed by atoms with Crippen molar-refractivity contribution >= 4 is 17.6 Å². The third-order valence-corrected chi connectivity index (χ3v) is 5.11. The molecule has 1 aromatic rings. The molecule has 2 saturated heterocycles. The van der Waals surface area contributed by atoms with Crippen molar-refractivity contribution in [2.45, 2.75) is 57.1 Å². The number of nitrogens with zero attached hydrogens (tertiary/aromatic N) is 3. The Bertz CT molecular complexity index is 761. The van der Waals surface area contributed by atoms with Crippen LogP contribution in [0.3, 0.4) is 0 Å². The Kier molecular flexibility index (Phi) is 7.20. The molecule has 3 heterocycles. The van der Waals surface area contributed by atoms with E-state index in [9.17, 15) is 31.9 Å². The van der Waals surface area contributed by atoms with Crippen LogP contribution in [-0.2, 0) is 16.1 Å². The van der Waals surface area contributed by atoms with Crippen molar-refractivity contribution in [3.05, 3.63) is 17.8 Å². The van der Waals surface area contributed by atoms with Crippen molar-refractivity contribution in [3.8, 4) is 0 Å². The highest BCUT2D eigenvalue weighted by Gasteiger charge is 2.36. The summed E-state index contributed by atoms with van der Waals surface area (Å²) in [6, 6.07) is 2.69. The minimum atomic E-state index is -4.78. The summed E-state index contributed by atoms with van der Waals surface area (Å²) in [5.41, 5.74) is 0.504. The molecule has 0 bridgehead atoms. The van der Waals surface area contributed by atoms with Crippen LogP contribution in [-0.4, -0.2) is 60.8 Å². The molecule has 1 unspecified atom stereocenters. The van der Waals surface area contributed by atoms with Gasteiger partial charge in [0.2, 0.25) is 0 Å². The molecule has 2 aliphatic heterocycles. The number of pyridine rings is 1. The molecule has 3 rings (SSSR count). The minimum absolute atomic E-state index is 0.0190. The lowest BCUT2D eigenvalue weighted by atomic mass is 10.1. The van der Waals surface area contributed by atoms with Gasteiger partial charge in [0.05, 0.1) is 12.3 Å². The summed E-state index contributed by atoms with van der Waals surface area (Å²) in [6.45, 7) is -1.37. The third-order valence-electron chi connectivity index (χ3n) is 5.11. The van der Waals surface area contributed by atoms with E-state index in [0.717, 1.165) is 12.8 Å². The molecular formula is C19H24F5N3O4. The quantitative estimate of drug-likeness (QED) is 0.644. The summed E-state index contributed by atoms with van der Waals surface area (Å²) in [5.74, 6) is -3.25. The van der Waals surface area contributed by atoms with E-state index in [-0.39, 0.29) is 30.3 Å². The zero-order valence-corrected chi connectivity index (χ0v) is 16.7. The molecule has 174 valence electrons. The molecule has 7 nitrogen and oxygen atoms in total. The second-order valence-corrected chi connectivity index (χ2v) is 7.61. The van der Waals surface area contributed by atoms with Crippen LogP contribution in [0.1, 0.15) is 37.8 Å². The number of halogens is 5. The van der Waals surface area contributed by atoms with Crippen molar-refractivity contribution in [2.24, 2.45) is 0 Å². The van der Waals surface area contributed by atoms with E-state index in [1.54, 1.807) is 4.90 Å². The van der Waals surface area contributed by atoms with E-state index in [2.05, 4.69) is 4.98 Å². The van der Waals surface area contributed by atoms with Crippen LogP contribution in [0.5, 0.6) is 0 Å². The molecule has 0 aromatic carbocycles. The van der Waals surface area contributed by atoms with E-state index < -0.39 is 49.7 Å². The van der Waals surface area contributed by atoms with Crippen LogP contribution in [0.4, 0.5) is 38.3 Å². The maximum absolute atomic E-state index is 13.5.